The molecule has 0 N–H and O–H groups in total. The maximum Gasteiger partial charge on any atom is 0.0860 e. The topological polar surface area (TPSA) is 23.8 Å². The van der Waals surface area contributed by atoms with Gasteiger partial charge in [0.05, 0.1) is 6.07 Å². The zero-order valence-corrected chi connectivity index (χ0v) is 8.13. The van der Waals surface area contributed by atoms with Crippen LogP contribution in [0, 0.1) is 17.4 Å². The minimum absolute atomic E-state index is 0. The van der Waals surface area contributed by atoms with Crippen molar-refractivity contribution < 1.29 is 17.1 Å². The molecule has 2 aliphatic rings. The fourth-order valence-corrected chi connectivity index (χ4v) is 1.48. The summed E-state index contributed by atoms with van der Waals surface area (Å²) in [6.07, 6.45) is 13.0. The van der Waals surface area contributed by atoms with Crippen molar-refractivity contribution in [3.05, 3.63) is 47.1 Å². The van der Waals surface area contributed by atoms with Crippen molar-refractivity contribution >= 4 is 0 Å². The molecule has 13 heavy (non-hydrogen) atoms. The predicted molar refractivity (Wildman–Crippen MR) is 46.9 cm³/mol. The molecule has 0 saturated heterocycles. The molecular weight excluding hydrogens is 202 g/mol. The standard InChI is InChI=1S/C11H8N.Fe/c12-8-10-6-3-7-11(10)9-4-1-2-5-9;/h1,3-4,6H,2,7H2;/q-1;. The van der Waals surface area contributed by atoms with Crippen molar-refractivity contribution in [3.8, 4) is 6.07 Å². The SMILES string of the molecule is N#CC1=C(C2=[C-]CC=C2)CC=C1.[Fe]. The zero-order chi connectivity index (χ0) is 8.39. The molecular formula is C11H8FeN-. The third-order valence-corrected chi connectivity index (χ3v) is 2.07. The molecule has 1 nitrogen and oxygen atoms in total. The van der Waals surface area contributed by atoms with Crippen molar-refractivity contribution in [2.45, 2.75) is 12.8 Å². The Hall–Kier alpha value is -1.03. The van der Waals surface area contributed by atoms with E-state index < -0.39 is 0 Å². The van der Waals surface area contributed by atoms with Crippen LogP contribution in [0.1, 0.15) is 12.8 Å². The quantitative estimate of drug-likeness (QED) is 0.481. The minimum atomic E-state index is 0. The van der Waals surface area contributed by atoms with Gasteiger partial charge in [0.1, 0.15) is 0 Å². The van der Waals surface area contributed by atoms with Crippen molar-refractivity contribution in [1.29, 1.82) is 5.26 Å². The van der Waals surface area contributed by atoms with Crippen molar-refractivity contribution in [2.24, 2.45) is 0 Å². The van der Waals surface area contributed by atoms with E-state index in [-0.39, 0.29) is 17.1 Å². The Morgan fingerprint density at radius 1 is 1.31 bits per heavy atom. The summed E-state index contributed by atoms with van der Waals surface area (Å²) < 4.78 is 0. The Kier molecular flexibility index (Phi) is 3.31. The van der Waals surface area contributed by atoms with Crippen molar-refractivity contribution in [3.63, 3.8) is 0 Å². The van der Waals surface area contributed by atoms with Crippen LogP contribution in [0.25, 0.3) is 0 Å². The first-order valence-corrected chi connectivity index (χ1v) is 3.99. The summed E-state index contributed by atoms with van der Waals surface area (Å²) in [6, 6.07) is 2.19. The van der Waals surface area contributed by atoms with Crippen LogP contribution in [-0.4, -0.2) is 0 Å². The van der Waals surface area contributed by atoms with E-state index in [9.17, 15) is 0 Å². The van der Waals surface area contributed by atoms with Gasteiger partial charge in [0.15, 0.2) is 0 Å². The van der Waals surface area contributed by atoms with Gasteiger partial charge in [-0.2, -0.15) is 23.0 Å². The Bertz CT molecular complexity index is 364. The Morgan fingerprint density at radius 3 is 2.77 bits per heavy atom. The smallest absolute Gasteiger partial charge is 0.0860 e. The molecule has 0 bridgehead atoms. The second kappa shape index (κ2) is 4.28. The summed E-state index contributed by atoms with van der Waals surface area (Å²) in [7, 11) is 0. The molecule has 2 rings (SSSR count). The molecule has 0 fully saturated rings. The molecule has 0 spiro atoms. The Morgan fingerprint density at radius 2 is 2.15 bits per heavy atom. The van der Waals surface area contributed by atoms with Gasteiger partial charge in [-0.05, 0) is 0 Å². The van der Waals surface area contributed by atoms with E-state index in [0.717, 1.165) is 29.6 Å². The summed E-state index contributed by atoms with van der Waals surface area (Å²) >= 11 is 0. The summed E-state index contributed by atoms with van der Waals surface area (Å²) in [4.78, 5) is 0. The number of hydrogen-bond acceptors (Lipinski definition) is 1. The normalized spacial score (nSPS) is 18.5. The molecule has 0 radical (unpaired) electrons. The van der Waals surface area contributed by atoms with E-state index in [2.05, 4.69) is 18.2 Å². The van der Waals surface area contributed by atoms with Gasteiger partial charge < -0.3 is 0 Å². The molecule has 2 aliphatic carbocycles. The molecule has 0 unspecified atom stereocenters. The summed E-state index contributed by atoms with van der Waals surface area (Å²) in [5.74, 6) is 0. The number of nitrogens with zero attached hydrogens (tertiary/aromatic N) is 1. The molecule has 0 atom stereocenters. The minimum Gasteiger partial charge on any atom is -0.198 e. The maximum absolute atomic E-state index is 8.77. The molecule has 0 aromatic heterocycles. The van der Waals surface area contributed by atoms with E-state index in [4.69, 9.17) is 5.26 Å². The van der Waals surface area contributed by atoms with Crippen LogP contribution in [0.15, 0.2) is 41.0 Å². The molecule has 0 amide bonds. The first-order valence-electron chi connectivity index (χ1n) is 3.99. The van der Waals surface area contributed by atoms with Gasteiger partial charge >= 0.3 is 0 Å². The average Bonchev–Trinajstić information content (AvgIpc) is 2.74. The van der Waals surface area contributed by atoms with Gasteiger partial charge in [-0.15, -0.1) is 11.6 Å². The van der Waals surface area contributed by atoms with E-state index in [1.165, 1.54) is 0 Å². The number of rotatable bonds is 1. The summed E-state index contributed by atoms with van der Waals surface area (Å²) in [5, 5.41) is 8.77. The third-order valence-electron chi connectivity index (χ3n) is 2.07. The van der Waals surface area contributed by atoms with E-state index in [1.54, 1.807) is 0 Å². The maximum atomic E-state index is 8.77. The van der Waals surface area contributed by atoms with Crippen molar-refractivity contribution in [1.82, 2.24) is 0 Å². The predicted octanol–water partition coefficient (Wildman–Crippen LogP) is 2.45. The van der Waals surface area contributed by atoms with Crippen LogP contribution in [-0.2, 0) is 17.1 Å². The molecule has 2 heteroatoms. The van der Waals surface area contributed by atoms with E-state index >= 15 is 0 Å². The van der Waals surface area contributed by atoms with Crippen LogP contribution >= 0.6 is 0 Å². The summed E-state index contributed by atoms with van der Waals surface area (Å²) in [5.41, 5.74) is 3.03. The van der Waals surface area contributed by atoms with Gasteiger partial charge in [0.25, 0.3) is 0 Å². The number of hydrogen-bond donors (Lipinski definition) is 0. The van der Waals surface area contributed by atoms with Gasteiger partial charge in [-0.1, -0.05) is 25.0 Å². The zero-order valence-electron chi connectivity index (χ0n) is 7.02. The van der Waals surface area contributed by atoms with Gasteiger partial charge in [-0.25, -0.2) is 0 Å². The van der Waals surface area contributed by atoms with Crippen molar-refractivity contribution in [2.75, 3.05) is 0 Å². The fourth-order valence-electron chi connectivity index (χ4n) is 1.48. The molecule has 0 aromatic carbocycles. The fraction of sp³-hybridized carbons (Fsp3) is 0.182. The van der Waals surface area contributed by atoms with E-state index in [1.807, 2.05) is 18.2 Å². The van der Waals surface area contributed by atoms with Crippen LogP contribution < -0.4 is 0 Å². The second-order valence-electron chi connectivity index (χ2n) is 2.81. The second-order valence-corrected chi connectivity index (χ2v) is 2.81. The molecule has 0 saturated carbocycles. The Balaban J connectivity index is 0.000000845. The number of nitriles is 1. The molecule has 0 aromatic rings. The van der Waals surface area contributed by atoms with Gasteiger partial charge in [0.2, 0.25) is 0 Å². The van der Waals surface area contributed by atoms with Crippen LogP contribution in [0.3, 0.4) is 0 Å². The monoisotopic (exact) mass is 210 g/mol. The first kappa shape index (κ1) is 10.1. The van der Waals surface area contributed by atoms with Crippen LogP contribution in [0.4, 0.5) is 0 Å². The van der Waals surface area contributed by atoms with Crippen LogP contribution in [0.2, 0.25) is 0 Å². The molecule has 0 heterocycles. The van der Waals surface area contributed by atoms with E-state index in [0.29, 0.717) is 0 Å². The number of allylic oxidation sites excluding steroid dienone is 8. The average molecular weight is 210 g/mol. The largest absolute Gasteiger partial charge is 0.198 e. The summed E-state index contributed by atoms with van der Waals surface area (Å²) in [6.45, 7) is 0. The molecule has 66 valence electrons. The molecule has 0 aliphatic heterocycles. The van der Waals surface area contributed by atoms with Gasteiger partial charge in [0, 0.05) is 22.6 Å². The van der Waals surface area contributed by atoms with Crippen LogP contribution in [0.5, 0.6) is 0 Å². The third kappa shape index (κ3) is 1.83. The van der Waals surface area contributed by atoms with Gasteiger partial charge in [-0.3, -0.25) is 0 Å². The Labute approximate surface area is 88.6 Å². The first-order chi connectivity index (χ1) is 5.92.